The van der Waals surface area contributed by atoms with E-state index < -0.39 is 0 Å². The second kappa shape index (κ2) is 6.25. The summed E-state index contributed by atoms with van der Waals surface area (Å²) in [5.41, 5.74) is 4.45. The van der Waals surface area contributed by atoms with Gasteiger partial charge in [0.25, 0.3) is 0 Å². The molecule has 1 aliphatic heterocycles. The minimum Gasteiger partial charge on any atom is -0.382 e. The van der Waals surface area contributed by atoms with Crippen LogP contribution in [0, 0.1) is 0 Å². The maximum absolute atomic E-state index is 5.25. The van der Waals surface area contributed by atoms with E-state index in [2.05, 4.69) is 29.7 Å². The number of methoxy groups -OCH3 is 1. The minimum atomic E-state index is 0.583. The van der Waals surface area contributed by atoms with E-state index in [-0.39, 0.29) is 0 Å². The van der Waals surface area contributed by atoms with Crippen LogP contribution in [-0.2, 0) is 16.0 Å². The van der Waals surface area contributed by atoms with Gasteiger partial charge in [0.2, 0.25) is 0 Å². The summed E-state index contributed by atoms with van der Waals surface area (Å²) in [5, 5.41) is 0.583. The molecule has 3 nitrogen and oxygen atoms in total. The van der Waals surface area contributed by atoms with Crippen molar-refractivity contribution >= 4 is 11.8 Å². The van der Waals surface area contributed by atoms with Gasteiger partial charge in [-0.1, -0.05) is 18.2 Å². The van der Waals surface area contributed by atoms with Crippen LogP contribution >= 0.6 is 11.8 Å². The average Bonchev–Trinajstić information content (AvgIpc) is 2.71. The molecule has 1 N–H and O–H groups in total. The van der Waals surface area contributed by atoms with Crippen molar-refractivity contribution in [3.63, 3.8) is 0 Å². The van der Waals surface area contributed by atoms with Crippen LogP contribution in [0.2, 0.25) is 0 Å². The summed E-state index contributed by atoms with van der Waals surface area (Å²) in [6.45, 7) is 2.11. The second-order valence-corrected chi connectivity index (χ2v) is 5.08. The zero-order valence-corrected chi connectivity index (χ0v) is 10.3. The number of fused-ring (bicyclic) bond motifs is 1. The maximum atomic E-state index is 5.25. The Morgan fingerprint density at radius 3 is 3.06 bits per heavy atom. The lowest BCUT2D eigenvalue weighted by atomic mass is 10.1. The first-order chi connectivity index (χ1) is 7.90. The number of hydroxylamine groups is 1. The van der Waals surface area contributed by atoms with Crippen LogP contribution in [0.15, 0.2) is 29.2 Å². The molecule has 4 heteroatoms. The first-order valence-corrected chi connectivity index (χ1v) is 6.36. The normalized spacial score (nSPS) is 18.7. The van der Waals surface area contributed by atoms with Crippen molar-refractivity contribution < 1.29 is 9.57 Å². The number of thioether (sulfide) groups is 1. The highest BCUT2D eigenvalue weighted by Gasteiger charge is 2.21. The summed E-state index contributed by atoms with van der Waals surface area (Å²) in [5.74, 6) is 0. The summed E-state index contributed by atoms with van der Waals surface area (Å²) in [6.07, 6.45) is 1.13. The summed E-state index contributed by atoms with van der Waals surface area (Å²) < 4.78 is 4.89. The predicted molar refractivity (Wildman–Crippen MR) is 65.6 cm³/mol. The van der Waals surface area contributed by atoms with Crippen LogP contribution < -0.4 is 5.48 Å². The Hall–Kier alpha value is -0.550. The molecule has 0 saturated carbocycles. The fourth-order valence-electron chi connectivity index (χ4n) is 1.72. The zero-order valence-electron chi connectivity index (χ0n) is 9.44. The van der Waals surface area contributed by atoms with Gasteiger partial charge in [-0.25, -0.2) is 5.48 Å². The maximum Gasteiger partial charge on any atom is 0.0915 e. The monoisotopic (exact) mass is 239 g/mol. The van der Waals surface area contributed by atoms with Gasteiger partial charge in [-0.05, 0) is 18.1 Å². The highest BCUT2D eigenvalue weighted by molar-refractivity contribution is 8.00. The zero-order chi connectivity index (χ0) is 11.2. The molecule has 2 rings (SSSR count). The molecule has 1 aromatic carbocycles. The number of rotatable bonds is 6. The molecular formula is C12H17NO2S. The first-order valence-electron chi connectivity index (χ1n) is 5.48. The molecule has 0 fully saturated rings. The number of benzene rings is 1. The molecular weight excluding hydrogens is 222 g/mol. The molecule has 0 spiro atoms. The summed E-state index contributed by atoms with van der Waals surface area (Å²) >= 11 is 1.93. The molecule has 16 heavy (non-hydrogen) atoms. The van der Waals surface area contributed by atoms with Crippen LogP contribution in [0.4, 0.5) is 0 Å². The molecule has 0 aromatic heterocycles. The quantitative estimate of drug-likeness (QED) is 0.606. The van der Waals surface area contributed by atoms with Gasteiger partial charge >= 0.3 is 0 Å². The summed E-state index contributed by atoms with van der Waals surface area (Å²) in [4.78, 5) is 6.65. The molecule has 0 amide bonds. The van der Waals surface area contributed by atoms with Crippen molar-refractivity contribution in [2.75, 3.05) is 26.9 Å². The third-order valence-electron chi connectivity index (χ3n) is 2.52. The average molecular weight is 239 g/mol. The SMILES string of the molecule is COCCONCC1Cc2ccccc2S1. The minimum absolute atomic E-state index is 0.583. The number of hydrogen-bond acceptors (Lipinski definition) is 4. The smallest absolute Gasteiger partial charge is 0.0915 e. The van der Waals surface area contributed by atoms with E-state index >= 15 is 0 Å². The van der Waals surface area contributed by atoms with Crippen LogP contribution in [0.3, 0.4) is 0 Å². The lowest BCUT2D eigenvalue weighted by molar-refractivity contribution is 0.00745. The van der Waals surface area contributed by atoms with E-state index in [1.165, 1.54) is 10.5 Å². The van der Waals surface area contributed by atoms with Crippen LogP contribution in [-0.4, -0.2) is 32.1 Å². The van der Waals surface area contributed by atoms with E-state index in [1.54, 1.807) is 7.11 Å². The van der Waals surface area contributed by atoms with Crippen molar-refractivity contribution in [3.05, 3.63) is 29.8 Å². The van der Waals surface area contributed by atoms with Crippen molar-refractivity contribution in [1.29, 1.82) is 0 Å². The van der Waals surface area contributed by atoms with Crippen LogP contribution in [0.1, 0.15) is 5.56 Å². The lowest BCUT2D eigenvalue weighted by Crippen LogP contribution is -2.26. The molecule has 0 saturated heterocycles. The van der Waals surface area contributed by atoms with Gasteiger partial charge in [0.05, 0.1) is 13.2 Å². The van der Waals surface area contributed by atoms with Gasteiger partial charge in [-0.15, -0.1) is 11.8 Å². The molecule has 0 aliphatic carbocycles. The number of hydrogen-bond donors (Lipinski definition) is 1. The Kier molecular flexibility index (Phi) is 4.66. The highest BCUT2D eigenvalue weighted by Crippen LogP contribution is 2.36. The highest BCUT2D eigenvalue weighted by atomic mass is 32.2. The van der Waals surface area contributed by atoms with Gasteiger partial charge in [-0.3, -0.25) is 4.84 Å². The van der Waals surface area contributed by atoms with E-state index in [1.807, 2.05) is 11.8 Å². The third-order valence-corrected chi connectivity index (χ3v) is 3.84. The predicted octanol–water partition coefficient (Wildman–Crippen LogP) is 1.87. The largest absolute Gasteiger partial charge is 0.382 e. The Morgan fingerprint density at radius 1 is 1.38 bits per heavy atom. The molecule has 1 atom stereocenters. The van der Waals surface area contributed by atoms with Gasteiger partial charge in [0, 0.05) is 23.8 Å². The molecule has 0 bridgehead atoms. The van der Waals surface area contributed by atoms with Gasteiger partial charge in [0.15, 0.2) is 0 Å². The second-order valence-electron chi connectivity index (χ2n) is 3.74. The number of ether oxygens (including phenoxy) is 1. The van der Waals surface area contributed by atoms with Crippen molar-refractivity contribution in [2.24, 2.45) is 0 Å². The van der Waals surface area contributed by atoms with E-state index in [9.17, 15) is 0 Å². The topological polar surface area (TPSA) is 30.5 Å². The van der Waals surface area contributed by atoms with Crippen molar-refractivity contribution in [3.8, 4) is 0 Å². The van der Waals surface area contributed by atoms with E-state index in [0.29, 0.717) is 18.5 Å². The Labute approximate surface area is 100 Å². The van der Waals surface area contributed by atoms with Gasteiger partial charge < -0.3 is 4.74 Å². The first kappa shape index (κ1) is 11.9. The molecule has 1 heterocycles. The van der Waals surface area contributed by atoms with E-state index in [4.69, 9.17) is 9.57 Å². The van der Waals surface area contributed by atoms with Gasteiger partial charge in [0.1, 0.15) is 0 Å². The van der Waals surface area contributed by atoms with Gasteiger partial charge in [-0.2, -0.15) is 0 Å². The Morgan fingerprint density at radius 2 is 2.25 bits per heavy atom. The lowest BCUT2D eigenvalue weighted by Gasteiger charge is -2.09. The molecule has 88 valence electrons. The fraction of sp³-hybridized carbons (Fsp3) is 0.500. The molecule has 0 radical (unpaired) electrons. The molecule has 1 aromatic rings. The van der Waals surface area contributed by atoms with E-state index in [0.717, 1.165) is 13.0 Å². The molecule has 1 unspecified atom stereocenters. The van der Waals surface area contributed by atoms with Crippen molar-refractivity contribution in [2.45, 2.75) is 16.6 Å². The number of nitrogens with one attached hydrogen (secondary N) is 1. The Balaban J connectivity index is 1.67. The third kappa shape index (κ3) is 3.22. The summed E-state index contributed by atoms with van der Waals surface area (Å²) in [7, 11) is 1.67. The summed E-state index contributed by atoms with van der Waals surface area (Å²) in [6, 6.07) is 8.58. The Bertz CT molecular complexity index is 308. The van der Waals surface area contributed by atoms with Crippen LogP contribution in [0.5, 0.6) is 0 Å². The standard InChI is InChI=1S/C12H17NO2S/c1-14-6-7-15-13-9-11-8-10-4-2-3-5-12(10)16-11/h2-5,11,13H,6-9H2,1H3. The van der Waals surface area contributed by atoms with Crippen LogP contribution in [0.25, 0.3) is 0 Å². The molecule has 1 aliphatic rings. The fourth-order valence-corrected chi connectivity index (χ4v) is 2.95. The van der Waals surface area contributed by atoms with Crippen molar-refractivity contribution in [1.82, 2.24) is 5.48 Å².